The number of carbonyl (C=O) groups excluding carboxylic acids is 1. The van der Waals surface area contributed by atoms with Gasteiger partial charge in [-0.15, -0.1) is 0 Å². The highest BCUT2D eigenvalue weighted by molar-refractivity contribution is 6.34. The molecular weight excluding hydrogens is 292 g/mol. The smallest absolute Gasteiger partial charge is 0.306 e. The first-order valence-corrected chi connectivity index (χ1v) is 7.41. The fraction of sp³-hybridized carbons (Fsp3) is 0.467. The van der Waals surface area contributed by atoms with Crippen LogP contribution in [0.1, 0.15) is 36.0 Å². The van der Waals surface area contributed by atoms with E-state index in [1.807, 2.05) is 0 Å². The van der Waals surface area contributed by atoms with Gasteiger partial charge in [0.15, 0.2) is 0 Å². The van der Waals surface area contributed by atoms with E-state index in [9.17, 15) is 9.59 Å². The molecule has 114 valence electrons. The summed E-state index contributed by atoms with van der Waals surface area (Å²) >= 11 is 5.99. The highest BCUT2D eigenvalue weighted by atomic mass is 35.5. The van der Waals surface area contributed by atoms with Crippen molar-refractivity contribution in [1.29, 1.82) is 0 Å². The van der Waals surface area contributed by atoms with Gasteiger partial charge in [0.25, 0.3) is 5.91 Å². The molecule has 4 N–H and O–H groups in total. The summed E-state index contributed by atoms with van der Waals surface area (Å²) in [5.74, 6) is -1.07. The highest BCUT2D eigenvalue weighted by Gasteiger charge is 2.26. The van der Waals surface area contributed by atoms with Crippen LogP contribution < -0.4 is 11.1 Å². The summed E-state index contributed by atoms with van der Waals surface area (Å²) in [4.78, 5) is 22.4. The van der Waals surface area contributed by atoms with E-state index in [0.717, 1.165) is 12.8 Å². The van der Waals surface area contributed by atoms with Crippen molar-refractivity contribution in [2.24, 2.45) is 17.6 Å². The zero-order valence-electron chi connectivity index (χ0n) is 11.6. The average molecular weight is 311 g/mol. The molecule has 1 aliphatic rings. The van der Waals surface area contributed by atoms with E-state index >= 15 is 0 Å². The molecule has 0 aliphatic heterocycles. The van der Waals surface area contributed by atoms with Gasteiger partial charge in [-0.25, -0.2) is 0 Å². The maximum atomic E-state index is 11.4. The summed E-state index contributed by atoms with van der Waals surface area (Å²) in [6.45, 7) is 0.687. The number of nitrogens with one attached hydrogen (secondary N) is 1. The molecule has 0 radical (unpaired) electrons. The van der Waals surface area contributed by atoms with E-state index in [1.54, 1.807) is 18.2 Å². The Bertz CT molecular complexity index is 540. The largest absolute Gasteiger partial charge is 0.481 e. The first-order chi connectivity index (χ1) is 9.99. The first kappa shape index (κ1) is 15.6. The third kappa shape index (κ3) is 3.88. The molecule has 5 nitrogen and oxygen atoms in total. The van der Waals surface area contributed by atoms with E-state index in [0.29, 0.717) is 41.6 Å². The molecule has 0 spiro atoms. The molecule has 0 saturated heterocycles. The van der Waals surface area contributed by atoms with Crippen molar-refractivity contribution in [1.82, 2.24) is 0 Å². The van der Waals surface area contributed by atoms with Crippen molar-refractivity contribution < 1.29 is 14.7 Å². The summed E-state index contributed by atoms with van der Waals surface area (Å²) in [6.07, 6.45) is 3.16. The van der Waals surface area contributed by atoms with Gasteiger partial charge >= 0.3 is 5.97 Å². The zero-order chi connectivity index (χ0) is 15.4. The van der Waals surface area contributed by atoms with Crippen LogP contribution in [-0.2, 0) is 4.79 Å². The van der Waals surface area contributed by atoms with Gasteiger partial charge in [-0.1, -0.05) is 17.7 Å². The summed E-state index contributed by atoms with van der Waals surface area (Å²) in [6, 6.07) is 5.16. The van der Waals surface area contributed by atoms with Crippen LogP contribution in [0.5, 0.6) is 0 Å². The molecule has 2 rings (SSSR count). The second kappa shape index (κ2) is 6.80. The quantitative estimate of drug-likeness (QED) is 0.779. The van der Waals surface area contributed by atoms with Crippen LogP contribution in [-0.4, -0.2) is 23.5 Å². The van der Waals surface area contributed by atoms with Crippen molar-refractivity contribution in [3.63, 3.8) is 0 Å². The number of halogens is 1. The molecule has 0 bridgehead atoms. The molecular formula is C15H19ClN2O3. The molecule has 1 fully saturated rings. The van der Waals surface area contributed by atoms with Gasteiger partial charge in [0, 0.05) is 12.2 Å². The Morgan fingerprint density at radius 3 is 2.52 bits per heavy atom. The van der Waals surface area contributed by atoms with Gasteiger partial charge in [-0.2, -0.15) is 0 Å². The number of aliphatic carboxylic acids is 1. The van der Waals surface area contributed by atoms with Crippen molar-refractivity contribution in [3.8, 4) is 0 Å². The Labute approximate surface area is 128 Å². The predicted molar refractivity (Wildman–Crippen MR) is 81.5 cm³/mol. The molecule has 1 amide bonds. The molecule has 1 saturated carbocycles. The fourth-order valence-electron chi connectivity index (χ4n) is 2.79. The maximum Gasteiger partial charge on any atom is 0.306 e. The Kier molecular flexibility index (Phi) is 5.07. The number of benzene rings is 1. The third-order valence-corrected chi connectivity index (χ3v) is 4.35. The van der Waals surface area contributed by atoms with Gasteiger partial charge in [0.05, 0.1) is 16.5 Å². The van der Waals surface area contributed by atoms with Gasteiger partial charge in [0.1, 0.15) is 0 Å². The summed E-state index contributed by atoms with van der Waals surface area (Å²) in [7, 11) is 0. The zero-order valence-corrected chi connectivity index (χ0v) is 12.4. The van der Waals surface area contributed by atoms with Crippen molar-refractivity contribution in [2.45, 2.75) is 25.7 Å². The molecule has 0 unspecified atom stereocenters. The highest BCUT2D eigenvalue weighted by Crippen LogP contribution is 2.30. The minimum absolute atomic E-state index is 0.214. The minimum Gasteiger partial charge on any atom is -0.481 e. The lowest BCUT2D eigenvalue weighted by Gasteiger charge is -2.26. The molecule has 0 atom stereocenters. The van der Waals surface area contributed by atoms with Crippen LogP contribution in [0.3, 0.4) is 0 Å². The van der Waals surface area contributed by atoms with E-state index < -0.39 is 11.9 Å². The normalized spacial score (nSPS) is 21.8. The van der Waals surface area contributed by atoms with E-state index in [4.69, 9.17) is 22.4 Å². The number of hydrogen-bond acceptors (Lipinski definition) is 3. The van der Waals surface area contributed by atoms with Crippen LogP contribution in [0, 0.1) is 11.8 Å². The van der Waals surface area contributed by atoms with Gasteiger partial charge in [0.2, 0.25) is 0 Å². The van der Waals surface area contributed by atoms with Crippen molar-refractivity contribution in [2.75, 3.05) is 11.9 Å². The lowest BCUT2D eigenvalue weighted by molar-refractivity contribution is -0.143. The Morgan fingerprint density at radius 1 is 1.29 bits per heavy atom. The molecule has 1 aromatic rings. The standard InChI is InChI=1S/C15H19ClN2O3/c16-11-2-1-3-12(13(11)14(17)19)18-8-9-4-6-10(7-5-9)15(20)21/h1-3,9-10,18H,4-8H2,(H2,17,19)(H,20,21). The van der Waals surface area contributed by atoms with Crippen LogP contribution in [0.4, 0.5) is 5.69 Å². The number of rotatable bonds is 5. The number of carbonyl (C=O) groups is 2. The molecule has 1 aromatic carbocycles. The Morgan fingerprint density at radius 2 is 1.95 bits per heavy atom. The maximum absolute atomic E-state index is 11.4. The lowest BCUT2D eigenvalue weighted by atomic mass is 9.82. The van der Waals surface area contributed by atoms with Crippen LogP contribution >= 0.6 is 11.6 Å². The van der Waals surface area contributed by atoms with Crippen LogP contribution in [0.15, 0.2) is 18.2 Å². The minimum atomic E-state index is -0.702. The monoisotopic (exact) mass is 310 g/mol. The number of amides is 1. The predicted octanol–water partition coefficient (Wildman–Crippen LogP) is 2.74. The van der Waals surface area contributed by atoms with E-state index in [-0.39, 0.29) is 5.92 Å². The number of anilines is 1. The summed E-state index contributed by atoms with van der Waals surface area (Å²) in [5, 5.41) is 12.5. The van der Waals surface area contributed by atoms with Gasteiger partial charge < -0.3 is 16.2 Å². The topological polar surface area (TPSA) is 92.4 Å². The summed E-state index contributed by atoms with van der Waals surface area (Å²) < 4.78 is 0. The summed E-state index contributed by atoms with van der Waals surface area (Å²) in [5.41, 5.74) is 6.29. The van der Waals surface area contributed by atoms with Crippen LogP contribution in [0.25, 0.3) is 0 Å². The average Bonchev–Trinajstić information content (AvgIpc) is 2.45. The molecule has 1 aliphatic carbocycles. The molecule has 0 heterocycles. The number of hydrogen-bond donors (Lipinski definition) is 3. The molecule has 21 heavy (non-hydrogen) atoms. The second-order valence-corrected chi connectivity index (χ2v) is 5.87. The Balaban J connectivity index is 1.94. The second-order valence-electron chi connectivity index (χ2n) is 5.46. The Hall–Kier alpha value is -1.75. The number of primary amides is 1. The van der Waals surface area contributed by atoms with Gasteiger partial charge in [-0.05, 0) is 43.7 Å². The lowest BCUT2D eigenvalue weighted by Crippen LogP contribution is -2.26. The van der Waals surface area contributed by atoms with E-state index in [2.05, 4.69) is 5.32 Å². The number of nitrogens with two attached hydrogens (primary N) is 1. The van der Waals surface area contributed by atoms with Crippen LogP contribution in [0.2, 0.25) is 5.02 Å². The van der Waals surface area contributed by atoms with Gasteiger partial charge in [-0.3, -0.25) is 9.59 Å². The number of carboxylic acid groups (broad SMARTS) is 1. The SMILES string of the molecule is NC(=O)c1c(Cl)cccc1NCC1CCC(C(=O)O)CC1. The van der Waals surface area contributed by atoms with Crippen molar-refractivity contribution >= 4 is 29.2 Å². The first-order valence-electron chi connectivity index (χ1n) is 7.04. The van der Waals surface area contributed by atoms with Crippen molar-refractivity contribution in [3.05, 3.63) is 28.8 Å². The number of carboxylic acids is 1. The third-order valence-electron chi connectivity index (χ3n) is 4.04. The fourth-order valence-corrected chi connectivity index (χ4v) is 3.06. The molecule has 6 heteroatoms. The molecule has 0 aromatic heterocycles. The van der Waals surface area contributed by atoms with E-state index in [1.165, 1.54) is 0 Å².